The van der Waals surface area contributed by atoms with E-state index in [4.69, 9.17) is 9.47 Å². The van der Waals surface area contributed by atoms with Gasteiger partial charge in [0.05, 0.1) is 13.2 Å². The molecule has 0 aromatic heterocycles. The van der Waals surface area contributed by atoms with Crippen LogP contribution in [0.25, 0.3) is 0 Å². The van der Waals surface area contributed by atoms with Crippen molar-refractivity contribution in [2.75, 3.05) is 20.3 Å². The fraction of sp³-hybridized carbons (Fsp3) is 0.929. The molecule has 1 N–H and O–H groups in total. The maximum absolute atomic E-state index is 11.7. The molecule has 2 atom stereocenters. The van der Waals surface area contributed by atoms with Gasteiger partial charge in [-0.25, -0.2) is 0 Å². The predicted molar refractivity (Wildman–Crippen MR) is 71.5 cm³/mol. The van der Waals surface area contributed by atoms with Gasteiger partial charge in [-0.3, -0.25) is 4.79 Å². The molecule has 0 amide bonds. The quantitative estimate of drug-likeness (QED) is 0.508. The molecule has 1 rings (SSSR count). The number of ether oxygens (including phenoxy) is 2. The van der Waals surface area contributed by atoms with Crippen LogP contribution in [0.2, 0.25) is 0 Å². The number of rotatable bonds is 9. The second-order valence-corrected chi connectivity index (χ2v) is 4.97. The van der Waals surface area contributed by atoms with Crippen LogP contribution < -0.4 is 5.32 Å². The van der Waals surface area contributed by atoms with Gasteiger partial charge in [0.15, 0.2) is 0 Å². The monoisotopic (exact) mass is 257 g/mol. The van der Waals surface area contributed by atoms with E-state index < -0.39 is 0 Å². The highest BCUT2D eigenvalue weighted by atomic mass is 16.5. The maximum atomic E-state index is 11.7. The Balaban J connectivity index is 2.23. The van der Waals surface area contributed by atoms with E-state index in [1.807, 2.05) is 0 Å². The Kier molecular flexibility index (Phi) is 8.01. The fourth-order valence-corrected chi connectivity index (χ4v) is 2.30. The fourth-order valence-electron chi connectivity index (χ4n) is 2.30. The zero-order valence-electron chi connectivity index (χ0n) is 11.7. The predicted octanol–water partition coefficient (Wildman–Crippen LogP) is 2.27. The summed E-state index contributed by atoms with van der Waals surface area (Å²) in [5, 5.41) is 3.29. The molecule has 0 bridgehead atoms. The summed E-state index contributed by atoms with van der Waals surface area (Å²) >= 11 is 0. The second-order valence-electron chi connectivity index (χ2n) is 4.97. The minimum Gasteiger partial charge on any atom is -0.468 e. The van der Waals surface area contributed by atoms with E-state index in [1.54, 1.807) is 0 Å². The molecule has 1 fully saturated rings. The molecule has 1 aliphatic rings. The number of unbranched alkanes of at least 4 members (excludes halogenated alkanes) is 3. The lowest BCUT2D eigenvalue weighted by atomic mass is 10.1. The van der Waals surface area contributed by atoms with Crippen LogP contribution in [-0.2, 0) is 14.3 Å². The van der Waals surface area contributed by atoms with Gasteiger partial charge < -0.3 is 14.8 Å². The lowest BCUT2D eigenvalue weighted by Crippen LogP contribution is -2.41. The Morgan fingerprint density at radius 1 is 1.44 bits per heavy atom. The first kappa shape index (κ1) is 15.4. The van der Waals surface area contributed by atoms with Crippen LogP contribution in [0, 0.1) is 0 Å². The van der Waals surface area contributed by atoms with E-state index in [-0.39, 0.29) is 18.1 Å². The molecule has 0 aromatic rings. The molecule has 4 heteroatoms. The van der Waals surface area contributed by atoms with Crippen LogP contribution in [0.4, 0.5) is 0 Å². The maximum Gasteiger partial charge on any atom is 0.322 e. The van der Waals surface area contributed by atoms with Gasteiger partial charge in [-0.2, -0.15) is 0 Å². The standard InChI is InChI=1S/C14H27NO3/c1-3-4-5-6-9-13(14(16)17-2)15-11-12-8-7-10-18-12/h12-13,15H,3-11H2,1-2H3. The average molecular weight is 257 g/mol. The summed E-state index contributed by atoms with van der Waals surface area (Å²) in [6, 6.07) is -0.170. The van der Waals surface area contributed by atoms with Crippen LogP contribution in [0.1, 0.15) is 51.9 Å². The van der Waals surface area contributed by atoms with Crippen LogP contribution in [0.15, 0.2) is 0 Å². The van der Waals surface area contributed by atoms with Crippen molar-refractivity contribution in [3.63, 3.8) is 0 Å². The van der Waals surface area contributed by atoms with Gasteiger partial charge in [-0.05, 0) is 19.3 Å². The first-order valence-electron chi connectivity index (χ1n) is 7.20. The molecule has 0 spiro atoms. The van der Waals surface area contributed by atoms with Crippen molar-refractivity contribution < 1.29 is 14.3 Å². The summed E-state index contributed by atoms with van der Waals surface area (Å²) in [5.74, 6) is -0.149. The molecule has 106 valence electrons. The van der Waals surface area contributed by atoms with Gasteiger partial charge in [0.2, 0.25) is 0 Å². The molecular formula is C14H27NO3. The van der Waals surface area contributed by atoms with Gasteiger partial charge in [0, 0.05) is 13.2 Å². The van der Waals surface area contributed by atoms with Crippen LogP contribution >= 0.6 is 0 Å². The summed E-state index contributed by atoms with van der Waals surface area (Å²) in [5.41, 5.74) is 0. The highest BCUT2D eigenvalue weighted by Crippen LogP contribution is 2.12. The molecule has 2 unspecified atom stereocenters. The summed E-state index contributed by atoms with van der Waals surface area (Å²) in [6.45, 7) is 3.80. The van der Waals surface area contributed by atoms with Crippen molar-refractivity contribution in [1.82, 2.24) is 5.32 Å². The third-order valence-electron chi connectivity index (χ3n) is 3.45. The number of nitrogens with one attached hydrogen (secondary N) is 1. The Morgan fingerprint density at radius 3 is 2.89 bits per heavy atom. The highest BCUT2D eigenvalue weighted by Gasteiger charge is 2.21. The Bertz CT molecular complexity index is 227. The van der Waals surface area contributed by atoms with E-state index in [2.05, 4.69) is 12.2 Å². The molecule has 1 saturated heterocycles. The van der Waals surface area contributed by atoms with E-state index in [1.165, 1.54) is 26.4 Å². The Labute approximate surface area is 110 Å². The van der Waals surface area contributed by atoms with Crippen LogP contribution in [0.5, 0.6) is 0 Å². The lowest BCUT2D eigenvalue weighted by Gasteiger charge is -2.18. The van der Waals surface area contributed by atoms with E-state index in [0.29, 0.717) is 0 Å². The summed E-state index contributed by atoms with van der Waals surface area (Å²) in [4.78, 5) is 11.7. The van der Waals surface area contributed by atoms with Gasteiger partial charge in [-0.15, -0.1) is 0 Å². The van der Waals surface area contributed by atoms with Crippen LogP contribution in [0.3, 0.4) is 0 Å². The number of methoxy groups -OCH3 is 1. The number of carbonyl (C=O) groups is 1. The van der Waals surface area contributed by atoms with E-state index in [9.17, 15) is 4.79 Å². The molecule has 0 aliphatic carbocycles. The smallest absolute Gasteiger partial charge is 0.322 e. The number of hydrogen-bond acceptors (Lipinski definition) is 4. The first-order valence-corrected chi connectivity index (χ1v) is 7.20. The SMILES string of the molecule is CCCCCCC(NCC1CCCO1)C(=O)OC. The minimum atomic E-state index is -0.170. The summed E-state index contributed by atoms with van der Waals surface area (Å²) in [6.07, 6.45) is 8.07. The number of esters is 1. The lowest BCUT2D eigenvalue weighted by molar-refractivity contribution is -0.143. The van der Waals surface area contributed by atoms with Crippen molar-refractivity contribution in [2.24, 2.45) is 0 Å². The Hall–Kier alpha value is -0.610. The zero-order chi connectivity index (χ0) is 13.2. The van der Waals surface area contributed by atoms with Gasteiger partial charge in [0.1, 0.15) is 6.04 Å². The topological polar surface area (TPSA) is 47.6 Å². The molecule has 0 aromatic carbocycles. The van der Waals surface area contributed by atoms with Crippen molar-refractivity contribution >= 4 is 5.97 Å². The van der Waals surface area contributed by atoms with Gasteiger partial charge >= 0.3 is 5.97 Å². The normalized spacial score (nSPS) is 20.9. The molecule has 0 radical (unpaired) electrons. The third kappa shape index (κ3) is 5.83. The zero-order valence-corrected chi connectivity index (χ0v) is 11.7. The Morgan fingerprint density at radius 2 is 2.28 bits per heavy atom. The van der Waals surface area contributed by atoms with Crippen molar-refractivity contribution in [1.29, 1.82) is 0 Å². The number of hydrogen-bond donors (Lipinski definition) is 1. The summed E-state index contributed by atoms with van der Waals surface area (Å²) in [7, 11) is 1.45. The molecule has 0 saturated carbocycles. The largest absolute Gasteiger partial charge is 0.468 e. The third-order valence-corrected chi connectivity index (χ3v) is 3.45. The van der Waals surface area contributed by atoms with Gasteiger partial charge in [-0.1, -0.05) is 32.6 Å². The van der Waals surface area contributed by atoms with Gasteiger partial charge in [0.25, 0.3) is 0 Å². The van der Waals surface area contributed by atoms with Crippen molar-refractivity contribution in [3.05, 3.63) is 0 Å². The summed E-state index contributed by atoms with van der Waals surface area (Å²) < 4.78 is 10.4. The second kappa shape index (κ2) is 9.34. The molecule has 4 nitrogen and oxygen atoms in total. The first-order chi connectivity index (χ1) is 8.77. The van der Waals surface area contributed by atoms with Crippen molar-refractivity contribution in [2.45, 2.75) is 64.0 Å². The molecule has 1 heterocycles. The molecular weight excluding hydrogens is 230 g/mol. The average Bonchev–Trinajstić information content (AvgIpc) is 2.90. The van der Waals surface area contributed by atoms with Crippen molar-refractivity contribution in [3.8, 4) is 0 Å². The number of carbonyl (C=O) groups excluding carboxylic acids is 1. The van der Waals surface area contributed by atoms with E-state index in [0.717, 1.165) is 38.8 Å². The van der Waals surface area contributed by atoms with E-state index >= 15 is 0 Å². The highest BCUT2D eigenvalue weighted by molar-refractivity contribution is 5.75. The molecule has 18 heavy (non-hydrogen) atoms. The van der Waals surface area contributed by atoms with Crippen LogP contribution in [-0.4, -0.2) is 38.4 Å². The minimum absolute atomic E-state index is 0.149. The molecule has 1 aliphatic heterocycles.